The number of aryl methyl sites for hydroxylation is 1. The Hall–Kier alpha value is -3.80. The van der Waals surface area contributed by atoms with Crippen molar-refractivity contribution in [3.63, 3.8) is 0 Å². The molecule has 144 valence electrons. The van der Waals surface area contributed by atoms with Gasteiger partial charge in [0.2, 0.25) is 5.76 Å². The minimum atomic E-state index is -0.635. The molecule has 29 heavy (non-hydrogen) atoms. The molecule has 1 aliphatic heterocycles. The van der Waals surface area contributed by atoms with Crippen molar-refractivity contribution in [2.24, 2.45) is 0 Å². The monoisotopic (exact) mass is 387 g/mol. The fraction of sp³-hybridized carbons (Fsp3) is 0.130. The molecule has 2 aromatic carbocycles. The van der Waals surface area contributed by atoms with Crippen molar-refractivity contribution in [3.8, 4) is 5.75 Å². The van der Waals surface area contributed by atoms with E-state index in [1.54, 1.807) is 47.6 Å². The summed E-state index contributed by atoms with van der Waals surface area (Å²) >= 11 is 0. The topological polar surface area (TPSA) is 83.9 Å². The second kappa shape index (κ2) is 6.38. The van der Waals surface area contributed by atoms with Crippen LogP contribution in [0.5, 0.6) is 5.75 Å². The standard InChI is InChI=1S/C23H17NO5/c1-13-4-9-18-17(11-13)21(26)19-20(14-5-7-15(25)8-6-14)24(23(27)22(19)29-18)12-16-3-2-10-28-16/h2-11,20,25H,12H2,1H3. The van der Waals surface area contributed by atoms with E-state index in [9.17, 15) is 14.7 Å². The Morgan fingerprint density at radius 3 is 2.59 bits per heavy atom. The van der Waals surface area contributed by atoms with Crippen molar-refractivity contribution in [3.05, 3.63) is 99.3 Å². The number of carbonyl (C=O) groups is 1. The zero-order valence-electron chi connectivity index (χ0n) is 15.6. The van der Waals surface area contributed by atoms with Gasteiger partial charge in [-0.1, -0.05) is 23.8 Å². The van der Waals surface area contributed by atoms with Gasteiger partial charge in [-0.3, -0.25) is 9.59 Å². The van der Waals surface area contributed by atoms with Gasteiger partial charge in [-0.15, -0.1) is 0 Å². The Morgan fingerprint density at radius 2 is 1.86 bits per heavy atom. The van der Waals surface area contributed by atoms with Crippen LogP contribution in [0.15, 0.2) is 74.5 Å². The SMILES string of the molecule is Cc1ccc2oc3c(c(=O)c2c1)C(c1ccc(O)cc1)N(Cc1ccco1)C3=O. The predicted molar refractivity (Wildman–Crippen MR) is 106 cm³/mol. The summed E-state index contributed by atoms with van der Waals surface area (Å²) < 4.78 is 11.3. The number of phenols is 1. The van der Waals surface area contributed by atoms with Crippen LogP contribution < -0.4 is 5.43 Å². The van der Waals surface area contributed by atoms with Crippen LogP contribution in [-0.4, -0.2) is 15.9 Å². The average molecular weight is 387 g/mol. The number of benzene rings is 2. The number of fused-ring (bicyclic) bond motifs is 2. The molecule has 1 N–H and O–H groups in total. The van der Waals surface area contributed by atoms with Crippen molar-refractivity contribution in [2.45, 2.75) is 19.5 Å². The molecule has 1 amide bonds. The van der Waals surface area contributed by atoms with Gasteiger partial charge in [0, 0.05) is 0 Å². The molecule has 6 nitrogen and oxygen atoms in total. The lowest BCUT2D eigenvalue weighted by Crippen LogP contribution is -2.29. The molecule has 1 aliphatic rings. The summed E-state index contributed by atoms with van der Waals surface area (Å²) in [6.07, 6.45) is 1.54. The zero-order chi connectivity index (χ0) is 20.1. The third-order valence-corrected chi connectivity index (χ3v) is 5.24. The van der Waals surface area contributed by atoms with E-state index in [0.717, 1.165) is 5.56 Å². The van der Waals surface area contributed by atoms with Crippen LogP contribution in [0.1, 0.15) is 39.0 Å². The lowest BCUT2D eigenvalue weighted by molar-refractivity contribution is 0.0701. The Kier molecular flexibility index (Phi) is 3.81. The summed E-state index contributed by atoms with van der Waals surface area (Å²) in [6, 6.07) is 14.7. The molecule has 0 saturated carbocycles. The highest BCUT2D eigenvalue weighted by Crippen LogP contribution is 2.39. The number of nitrogens with zero attached hydrogens (tertiary/aromatic N) is 1. The van der Waals surface area contributed by atoms with Gasteiger partial charge < -0.3 is 18.8 Å². The maximum atomic E-state index is 13.4. The molecule has 0 saturated heterocycles. The molecule has 0 aliphatic carbocycles. The van der Waals surface area contributed by atoms with Crippen LogP contribution in [-0.2, 0) is 6.54 Å². The van der Waals surface area contributed by atoms with Crippen LogP contribution in [0.4, 0.5) is 0 Å². The van der Waals surface area contributed by atoms with Crippen LogP contribution >= 0.6 is 0 Å². The third-order valence-electron chi connectivity index (χ3n) is 5.24. The van der Waals surface area contributed by atoms with Gasteiger partial charge in [0.25, 0.3) is 5.91 Å². The summed E-state index contributed by atoms with van der Waals surface area (Å²) in [5.74, 6) is 0.393. The number of amides is 1. The van der Waals surface area contributed by atoms with E-state index in [1.807, 2.05) is 13.0 Å². The van der Waals surface area contributed by atoms with E-state index in [-0.39, 0.29) is 29.4 Å². The van der Waals surface area contributed by atoms with Crippen molar-refractivity contribution in [1.29, 1.82) is 0 Å². The first-order chi connectivity index (χ1) is 14.0. The van der Waals surface area contributed by atoms with E-state index in [1.165, 1.54) is 12.1 Å². The maximum absolute atomic E-state index is 13.4. The second-order valence-electron chi connectivity index (χ2n) is 7.18. The fourth-order valence-corrected chi connectivity index (χ4v) is 3.87. The van der Waals surface area contributed by atoms with Crippen LogP contribution in [0.25, 0.3) is 11.0 Å². The molecule has 1 atom stereocenters. The van der Waals surface area contributed by atoms with Gasteiger partial charge in [-0.05, 0) is 48.9 Å². The van der Waals surface area contributed by atoms with Crippen LogP contribution in [0.2, 0.25) is 0 Å². The summed E-state index contributed by atoms with van der Waals surface area (Å²) in [5.41, 5.74) is 2.11. The predicted octanol–water partition coefficient (Wildman–Crippen LogP) is 4.15. The molecule has 5 rings (SSSR count). The summed E-state index contributed by atoms with van der Waals surface area (Å²) in [6.45, 7) is 2.09. The molecular formula is C23H17NO5. The number of phenolic OH excluding ortho intramolecular Hbond substituents is 1. The highest BCUT2D eigenvalue weighted by Gasteiger charge is 2.43. The van der Waals surface area contributed by atoms with Gasteiger partial charge >= 0.3 is 0 Å². The Balaban J connectivity index is 1.75. The first kappa shape index (κ1) is 17.3. The molecule has 3 heterocycles. The summed E-state index contributed by atoms with van der Waals surface area (Å²) in [7, 11) is 0. The molecule has 0 fully saturated rings. The number of rotatable bonds is 3. The lowest BCUT2D eigenvalue weighted by atomic mass is 9.98. The van der Waals surface area contributed by atoms with E-state index < -0.39 is 6.04 Å². The summed E-state index contributed by atoms with van der Waals surface area (Å²) in [4.78, 5) is 28.2. The molecule has 0 bridgehead atoms. The van der Waals surface area contributed by atoms with Gasteiger partial charge in [-0.25, -0.2) is 0 Å². The number of furan rings is 1. The van der Waals surface area contributed by atoms with Gasteiger partial charge in [0.05, 0.1) is 29.8 Å². The van der Waals surface area contributed by atoms with Gasteiger partial charge in [0.15, 0.2) is 5.43 Å². The Bertz CT molecular complexity index is 1290. The maximum Gasteiger partial charge on any atom is 0.291 e. The quantitative estimate of drug-likeness (QED) is 0.571. The van der Waals surface area contributed by atoms with E-state index in [4.69, 9.17) is 8.83 Å². The molecule has 0 spiro atoms. The first-order valence-electron chi connectivity index (χ1n) is 9.22. The first-order valence-corrected chi connectivity index (χ1v) is 9.22. The Morgan fingerprint density at radius 1 is 1.07 bits per heavy atom. The second-order valence-corrected chi connectivity index (χ2v) is 7.18. The molecule has 6 heteroatoms. The molecule has 1 unspecified atom stereocenters. The summed E-state index contributed by atoms with van der Waals surface area (Å²) in [5, 5.41) is 10.1. The average Bonchev–Trinajstić information content (AvgIpc) is 3.32. The number of carbonyl (C=O) groups excluding carboxylic acids is 1. The van der Waals surface area contributed by atoms with E-state index >= 15 is 0 Å². The third kappa shape index (κ3) is 2.72. The zero-order valence-corrected chi connectivity index (χ0v) is 15.6. The largest absolute Gasteiger partial charge is 0.508 e. The fourth-order valence-electron chi connectivity index (χ4n) is 3.87. The molecule has 0 radical (unpaired) electrons. The molecule has 4 aromatic rings. The van der Waals surface area contributed by atoms with Crippen molar-refractivity contribution >= 4 is 16.9 Å². The van der Waals surface area contributed by atoms with Gasteiger partial charge in [-0.2, -0.15) is 0 Å². The normalized spacial score (nSPS) is 15.8. The van der Waals surface area contributed by atoms with Crippen LogP contribution in [0, 0.1) is 6.92 Å². The Labute approximate surface area is 165 Å². The highest BCUT2D eigenvalue weighted by atomic mass is 16.4. The van der Waals surface area contributed by atoms with Crippen molar-refractivity contribution in [2.75, 3.05) is 0 Å². The van der Waals surface area contributed by atoms with Crippen molar-refractivity contribution in [1.82, 2.24) is 4.90 Å². The van der Waals surface area contributed by atoms with Crippen LogP contribution in [0.3, 0.4) is 0 Å². The number of hydrogen-bond acceptors (Lipinski definition) is 5. The minimum absolute atomic E-state index is 0.0518. The number of aromatic hydroxyl groups is 1. The lowest BCUT2D eigenvalue weighted by Gasteiger charge is -2.24. The minimum Gasteiger partial charge on any atom is -0.508 e. The molecular weight excluding hydrogens is 370 g/mol. The van der Waals surface area contributed by atoms with Crippen molar-refractivity contribution < 1.29 is 18.7 Å². The van der Waals surface area contributed by atoms with E-state index in [2.05, 4.69) is 0 Å². The molecule has 2 aromatic heterocycles. The number of hydrogen-bond donors (Lipinski definition) is 1. The highest BCUT2D eigenvalue weighted by molar-refractivity contribution is 5.99. The van der Waals surface area contributed by atoms with E-state index in [0.29, 0.717) is 27.9 Å². The van der Waals surface area contributed by atoms with Gasteiger partial charge in [0.1, 0.15) is 17.1 Å². The smallest absolute Gasteiger partial charge is 0.291 e.